The van der Waals surface area contributed by atoms with Crippen molar-refractivity contribution in [2.45, 2.75) is 6.92 Å². The third-order valence-corrected chi connectivity index (χ3v) is 2.70. The molecule has 0 bridgehead atoms. The van der Waals surface area contributed by atoms with Crippen molar-refractivity contribution in [3.05, 3.63) is 48.0 Å². The molecular weight excluding hydrogens is 196 g/mol. The summed E-state index contributed by atoms with van der Waals surface area (Å²) in [6.45, 7) is 2.08. The van der Waals surface area contributed by atoms with E-state index in [0.717, 1.165) is 22.5 Å². The third kappa shape index (κ3) is 2.01. The van der Waals surface area contributed by atoms with Gasteiger partial charge in [-0.15, -0.1) is 0 Å². The van der Waals surface area contributed by atoms with Crippen LogP contribution in [0.3, 0.4) is 0 Å². The molecule has 0 radical (unpaired) electrons. The summed E-state index contributed by atoms with van der Waals surface area (Å²) in [4.78, 5) is 0. The zero-order chi connectivity index (χ0) is 11.5. The molecule has 0 heterocycles. The van der Waals surface area contributed by atoms with Crippen molar-refractivity contribution in [2.24, 2.45) is 0 Å². The number of nitrogens with two attached hydrogens (primary N) is 1. The lowest BCUT2D eigenvalue weighted by Gasteiger charge is -2.09. The molecule has 0 atom stereocenters. The van der Waals surface area contributed by atoms with E-state index in [1.807, 2.05) is 19.2 Å². The van der Waals surface area contributed by atoms with Gasteiger partial charge in [-0.2, -0.15) is 0 Å². The van der Waals surface area contributed by atoms with E-state index >= 15 is 0 Å². The molecule has 82 valence electrons. The van der Waals surface area contributed by atoms with E-state index < -0.39 is 0 Å². The van der Waals surface area contributed by atoms with Crippen molar-refractivity contribution in [2.75, 3.05) is 18.1 Å². The maximum absolute atomic E-state index is 5.99. The molecule has 0 aromatic heterocycles. The van der Waals surface area contributed by atoms with Crippen LogP contribution in [0.1, 0.15) is 5.56 Å². The summed E-state index contributed by atoms with van der Waals surface area (Å²) in [5, 5.41) is 3.12. The van der Waals surface area contributed by atoms with Gasteiger partial charge in [0.05, 0.1) is 0 Å². The number of benzene rings is 2. The number of rotatable bonds is 2. The Bertz CT molecular complexity index is 487. The largest absolute Gasteiger partial charge is 0.398 e. The van der Waals surface area contributed by atoms with Crippen LogP contribution in [0.15, 0.2) is 42.5 Å². The summed E-state index contributed by atoms with van der Waals surface area (Å²) >= 11 is 0. The Morgan fingerprint density at radius 3 is 2.31 bits per heavy atom. The van der Waals surface area contributed by atoms with Gasteiger partial charge >= 0.3 is 0 Å². The van der Waals surface area contributed by atoms with Crippen LogP contribution in [0.2, 0.25) is 0 Å². The summed E-state index contributed by atoms with van der Waals surface area (Å²) in [6, 6.07) is 14.4. The molecule has 0 aliphatic heterocycles. The molecule has 2 rings (SSSR count). The molecule has 0 saturated carbocycles. The van der Waals surface area contributed by atoms with Gasteiger partial charge in [0.15, 0.2) is 0 Å². The Kier molecular flexibility index (Phi) is 2.82. The zero-order valence-electron chi connectivity index (χ0n) is 9.62. The van der Waals surface area contributed by atoms with Gasteiger partial charge < -0.3 is 11.1 Å². The first-order chi connectivity index (χ1) is 7.70. The van der Waals surface area contributed by atoms with Crippen LogP contribution in [0.4, 0.5) is 11.4 Å². The van der Waals surface area contributed by atoms with Crippen LogP contribution >= 0.6 is 0 Å². The summed E-state index contributed by atoms with van der Waals surface area (Å²) in [6.07, 6.45) is 0. The predicted molar refractivity (Wildman–Crippen MR) is 70.6 cm³/mol. The Morgan fingerprint density at radius 2 is 1.69 bits per heavy atom. The van der Waals surface area contributed by atoms with E-state index in [0.29, 0.717) is 0 Å². The molecule has 0 fully saturated rings. The minimum Gasteiger partial charge on any atom is -0.398 e. The van der Waals surface area contributed by atoms with Gasteiger partial charge in [0.1, 0.15) is 0 Å². The highest BCUT2D eigenvalue weighted by atomic mass is 14.8. The van der Waals surface area contributed by atoms with Crippen LogP contribution in [0.5, 0.6) is 0 Å². The fourth-order valence-corrected chi connectivity index (χ4v) is 1.69. The summed E-state index contributed by atoms with van der Waals surface area (Å²) in [5.41, 5.74) is 11.4. The van der Waals surface area contributed by atoms with E-state index in [1.165, 1.54) is 5.56 Å². The van der Waals surface area contributed by atoms with Crippen molar-refractivity contribution in [1.29, 1.82) is 0 Å². The van der Waals surface area contributed by atoms with Gasteiger partial charge in [0.25, 0.3) is 0 Å². The minimum absolute atomic E-state index is 0.808. The van der Waals surface area contributed by atoms with E-state index in [-0.39, 0.29) is 0 Å². The van der Waals surface area contributed by atoms with Crippen molar-refractivity contribution < 1.29 is 0 Å². The van der Waals surface area contributed by atoms with Crippen LogP contribution in [0.25, 0.3) is 11.1 Å². The maximum atomic E-state index is 5.99. The molecule has 0 unspecified atom stereocenters. The Labute approximate surface area is 96.1 Å². The van der Waals surface area contributed by atoms with Crippen LogP contribution in [0, 0.1) is 6.92 Å². The fourth-order valence-electron chi connectivity index (χ4n) is 1.69. The van der Waals surface area contributed by atoms with E-state index in [9.17, 15) is 0 Å². The first-order valence-electron chi connectivity index (χ1n) is 5.35. The SMILES string of the molecule is CNc1ccc(N)c(-c2ccc(C)cc2)c1. The molecule has 0 aliphatic rings. The fraction of sp³-hybridized carbons (Fsp3) is 0.143. The monoisotopic (exact) mass is 212 g/mol. The molecule has 2 nitrogen and oxygen atoms in total. The number of hydrogen-bond acceptors (Lipinski definition) is 2. The van der Waals surface area contributed by atoms with Crippen LogP contribution in [-0.2, 0) is 0 Å². The van der Waals surface area contributed by atoms with Crippen molar-refractivity contribution in [1.82, 2.24) is 0 Å². The van der Waals surface area contributed by atoms with Gasteiger partial charge in [-0.25, -0.2) is 0 Å². The lowest BCUT2D eigenvalue weighted by atomic mass is 10.0. The van der Waals surface area contributed by atoms with Crippen LogP contribution < -0.4 is 11.1 Å². The third-order valence-electron chi connectivity index (χ3n) is 2.70. The average molecular weight is 212 g/mol. The number of nitrogen functional groups attached to an aromatic ring is 1. The predicted octanol–water partition coefficient (Wildman–Crippen LogP) is 3.29. The first kappa shape index (κ1) is 10.6. The zero-order valence-corrected chi connectivity index (χ0v) is 9.62. The second kappa shape index (κ2) is 4.27. The van der Waals surface area contributed by atoms with Gasteiger partial charge in [-0.3, -0.25) is 0 Å². The highest BCUT2D eigenvalue weighted by molar-refractivity contribution is 5.79. The number of nitrogens with one attached hydrogen (secondary N) is 1. The Hall–Kier alpha value is -1.96. The number of anilines is 2. The second-order valence-corrected chi connectivity index (χ2v) is 3.92. The molecule has 0 saturated heterocycles. The standard InChI is InChI=1S/C14H16N2/c1-10-3-5-11(6-4-10)13-9-12(16-2)7-8-14(13)15/h3-9,16H,15H2,1-2H3. The molecule has 0 spiro atoms. The lowest BCUT2D eigenvalue weighted by Crippen LogP contribution is -1.93. The van der Waals surface area contributed by atoms with Crippen molar-refractivity contribution in [3.63, 3.8) is 0 Å². The highest BCUT2D eigenvalue weighted by Crippen LogP contribution is 2.28. The van der Waals surface area contributed by atoms with E-state index in [1.54, 1.807) is 0 Å². The van der Waals surface area contributed by atoms with Gasteiger partial charge in [0.2, 0.25) is 0 Å². The summed E-state index contributed by atoms with van der Waals surface area (Å²) in [5.74, 6) is 0. The minimum atomic E-state index is 0.808. The molecule has 3 N–H and O–H groups in total. The first-order valence-corrected chi connectivity index (χ1v) is 5.35. The highest BCUT2D eigenvalue weighted by Gasteiger charge is 2.03. The molecule has 16 heavy (non-hydrogen) atoms. The average Bonchev–Trinajstić information content (AvgIpc) is 2.31. The topological polar surface area (TPSA) is 38.0 Å². The normalized spacial score (nSPS) is 10.1. The molecule has 0 aliphatic carbocycles. The van der Waals surface area contributed by atoms with Gasteiger partial charge in [0, 0.05) is 24.0 Å². The second-order valence-electron chi connectivity index (χ2n) is 3.92. The maximum Gasteiger partial charge on any atom is 0.0395 e. The molecule has 2 aromatic rings. The molecule has 0 amide bonds. The Balaban J connectivity index is 2.50. The Morgan fingerprint density at radius 1 is 1.00 bits per heavy atom. The van der Waals surface area contributed by atoms with E-state index in [2.05, 4.69) is 42.6 Å². The van der Waals surface area contributed by atoms with Crippen molar-refractivity contribution in [3.8, 4) is 11.1 Å². The van der Waals surface area contributed by atoms with Gasteiger partial charge in [-0.1, -0.05) is 29.8 Å². The molecule has 2 heteroatoms. The van der Waals surface area contributed by atoms with Gasteiger partial charge in [-0.05, 0) is 30.7 Å². The van der Waals surface area contributed by atoms with E-state index in [4.69, 9.17) is 5.73 Å². The number of hydrogen-bond donors (Lipinski definition) is 2. The smallest absolute Gasteiger partial charge is 0.0395 e. The summed E-state index contributed by atoms with van der Waals surface area (Å²) < 4.78 is 0. The van der Waals surface area contributed by atoms with Crippen molar-refractivity contribution >= 4 is 11.4 Å². The lowest BCUT2D eigenvalue weighted by molar-refractivity contribution is 1.46. The summed E-state index contributed by atoms with van der Waals surface area (Å²) in [7, 11) is 1.91. The quantitative estimate of drug-likeness (QED) is 0.750. The van der Waals surface area contributed by atoms with Crippen LogP contribution in [-0.4, -0.2) is 7.05 Å². The molecular formula is C14H16N2. The number of aryl methyl sites for hydroxylation is 1. The molecule has 2 aromatic carbocycles.